The van der Waals surface area contributed by atoms with Crippen LogP contribution in [-0.2, 0) is 4.79 Å². The normalized spacial score (nSPS) is 28.5. The molecular weight excluding hydrogens is 310 g/mol. The summed E-state index contributed by atoms with van der Waals surface area (Å²) in [7, 11) is 0. The van der Waals surface area contributed by atoms with Crippen molar-refractivity contribution >= 4 is 29.3 Å². The molecule has 23 heavy (non-hydrogen) atoms. The molecule has 6 nitrogen and oxygen atoms in total. The fraction of sp³-hybridized carbons (Fsp3) is 0.688. The Morgan fingerprint density at radius 2 is 1.96 bits per heavy atom. The highest BCUT2D eigenvalue weighted by Gasteiger charge is 2.42. The predicted octanol–water partition coefficient (Wildman–Crippen LogP) is 2.06. The lowest BCUT2D eigenvalue weighted by Gasteiger charge is -2.29. The zero-order chi connectivity index (χ0) is 16.6. The Kier molecular flexibility index (Phi) is 4.66. The van der Waals surface area contributed by atoms with Crippen LogP contribution in [-0.4, -0.2) is 27.2 Å². The molecule has 2 fully saturated rings. The summed E-state index contributed by atoms with van der Waals surface area (Å²) in [5.41, 5.74) is 11.3. The van der Waals surface area contributed by atoms with Crippen LogP contribution in [0.4, 0.5) is 11.6 Å². The Morgan fingerprint density at radius 1 is 1.26 bits per heavy atom. The third kappa shape index (κ3) is 3.71. The van der Waals surface area contributed by atoms with Crippen LogP contribution in [0.5, 0.6) is 0 Å². The molecule has 5 unspecified atom stereocenters. The van der Waals surface area contributed by atoms with Crippen molar-refractivity contribution in [2.24, 2.45) is 17.8 Å². The van der Waals surface area contributed by atoms with Gasteiger partial charge < -0.3 is 16.8 Å². The second-order valence-electron chi connectivity index (χ2n) is 6.90. The smallest absolute Gasteiger partial charge is 0.233 e. The zero-order valence-electron chi connectivity index (χ0n) is 13.7. The van der Waals surface area contributed by atoms with Gasteiger partial charge in [-0.05, 0) is 50.9 Å². The molecule has 0 aromatic carbocycles. The fourth-order valence-corrected chi connectivity index (χ4v) is 4.89. The Balaban J connectivity index is 1.55. The van der Waals surface area contributed by atoms with Gasteiger partial charge in [0.1, 0.15) is 11.6 Å². The molecule has 2 saturated carbocycles. The number of nitrogens with two attached hydrogens (primary N) is 2. The molecule has 0 radical (unpaired) electrons. The van der Waals surface area contributed by atoms with Gasteiger partial charge in [0, 0.05) is 12.1 Å². The zero-order valence-corrected chi connectivity index (χ0v) is 14.5. The Bertz CT molecular complexity index is 576. The number of fused-ring (bicyclic) bond motifs is 2. The molecule has 1 amide bonds. The van der Waals surface area contributed by atoms with Crippen molar-refractivity contribution in [1.82, 2.24) is 15.3 Å². The number of carbonyl (C=O) groups excluding carboxylic acids is 1. The van der Waals surface area contributed by atoms with Crippen LogP contribution in [0.3, 0.4) is 0 Å². The number of nitrogen functional groups attached to an aromatic ring is 2. The standard InChI is InChI=1S/C16H25N5OS/c1-8(12-6-10-3-4-11(12)5-10)19-15(22)9(2)23-16-20-13(17)7-14(18)21-16/h7-12H,3-6H2,1-2H3,(H,19,22)(H4,17,18,20,21). The topological polar surface area (TPSA) is 107 Å². The minimum absolute atomic E-state index is 0.0230. The number of anilines is 2. The molecular formula is C16H25N5OS. The average molecular weight is 335 g/mol. The molecule has 5 N–H and O–H groups in total. The van der Waals surface area contributed by atoms with Crippen molar-refractivity contribution in [1.29, 1.82) is 0 Å². The minimum atomic E-state index is -0.280. The third-order valence-electron chi connectivity index (χ3n) is 5.20. The van der Waals surface area contributed by atoms with Crippen molar-refractivity contribution in [3.05, 3.63) is 6.07 Å². The SMILES string of the molecule is CC(Sc1nc(N)cc(N)n1)C(=O)NC(C)C1CC2CCC1C2. The second kappa shape index (κ2) is 6.55. The molecule has 2 aliphatic rings. The molecule has 7 heteroatoms. The predicted molar refractivity (Wildman–Crippen MR) is 92.7 cm³/mol. The number of aromatic nitrogens is 2. The van der Waals surface area contributed by atoms with Gasteiger partial charge in [0.25, 0.3) is 0 Å². The van der Waals surface area contributed by atoms with Crippen molar-refractivity contribution in [3.63, 3.8) is 0 Å². The van der Waals surface area contributed by atoms with Crippen LogP contribution < -0.4 is 16.8 Å². The number of hydrogen-bond acceptors (Lipinski definition) is 6. The summed E-state index contributed by atoms with van der Waals surface area (Å²) in [6.45, 7) is 3.99. The van der Waals surface area contributed by atoms with Gasteiger partial charge in [-0.2, -0.15) is 0 Å². The van der Waals surface area contributed by atoms with E-state index in [1.807, 2.05) is 6.92 Å². The van der Waals surface area contributed by atoms with Gasteiger partial charge in [0.2, 0.25) is 5.91 Å². The maximum atomic E-state index is 12.4. The molecule has 2 aliphatic carbocycles. The lowest BCUT2D eigenvalue weighted by Crippen LogP contribution is -2.43. The van der Waals surface area contributed by atoms with Gasteiger partial charge in [0.15, 0.2) is 5.16 Å². The summed E-state index contributed by atoms with van der Waals surface area (Å²) in [5.74, 6) is 2.99. The van der Waals surface area contributed by atoms with Crippen LogP contribution >= 0.6 is 11.8 Å². The molecule has 3 rings (SSSR count). The van der Waals surface area contributed by atoms with Crippen LogP contribution in [0.15, 0.2) is 11.2 Å². The van der Waals surface area contributed by atoms with Gasteiger partial charge in [-0.3, -0.25) is 4.79 Å². The number of rotatable bonds is 5. The molecule has 2 bridgehead atoms. The van der Waals surface area contributed by atoms with Gasteiger partial charge >= 0.3 is 0 Å². The summed E-state index contributed by atoms with van der Waals surface area (Å²) in [6.07, 6.45) is 5.33. The van der Waals surface area contributed by atoms with Gasteiger partial charge in [-0.15, -0.1) is 0 Å². The monoisotopic (exact) mass is 335 g/mol. The first-order chi connectivity index (χ1) is 10.9. The number of amides is 1. The highest BCUT2D eigenvalue weighted by Crippen LogP contribution is 2.49. The van der Waals surface area contributed by atoms with E-state index in [1.54, 1.807) is 0 Å². The molecule has 0 aliphatic heterocycles. The van der Waals surface area contributed by atoms with Gasteiger partial charge in [-0.25, -0.2) is 9.97 Å². The number of nitrogens with zero attached hydrogens (tertiary/aromatic N) is 2. The maximum Gasteiger partial charge on any atom is 0.233 e. The summed E-state index contributed by atoms with van der Waals surface area (Å²) in [6, 6.07) is 1.74. The Hall–Kier alpha value is -1.50. The van der Waals surface area contributed by atoms with E-state index in [0.717, 1.165) is 11.8 Å². The summed E-state index contributed by atoms with van der Waals surface area (Å²) in [5, 5.41) is 3.34. The molecule has 5 atom stereocenters. The molecule has 1 aromatic rings. The van der Waals surface area contributed by atoms with Gasteiger partial charge in [0.05, 0.1) is 5.25 Å². The summed E-state index contributed by atoms with van der Waals surface area (Å²) in [4.78, 5) is 20.7. The summed E-state index contributed by atoms with van der Waals surface area (Å²) < 4.78 is 0. The van der Waals surface area contributed by atoms with Crippen molar-refractivity contribution < 1.29 is 4.79 Å². The van der Waals surface area contributed by atoms with Crippen LogP contribution in [0.25, 0.3) is 0 Å². The van der Waals surface area contributed by atoms with Crippen LogP contribution in [0.1, 0.15) is 39.5 Å². The first-order valence-electron chi connectivity index (χ1n) is 8.29. The quantitative estimate of drug-likeness (QED) is 0.562. The van der Waals surface area contributed by atoms with E-state index >= 15 is 0 Å². The lowest BCUT2D eigenvalue weighted by atomic mass is 9.84. The summed E-state index contributed by atoms with van der Waals surface area (Å²) >= 11 is 1.29. The van der Waals surface area contributed by atoms with Crippen molar-refractivity contribution in [3.8, 4) is 0 Å². The average Bonchev–Trinajstić information content (AvgIpc) is 3.08. The van der Waals surface area contributed by atoms with Crippen LogP contribution in [0.2, 0.25) is 0 Å². The number of carbonyl (C=O) groups is 1. The fourth-order valence-electron chi connectivity index (χ4n) is 4.08. The minimum Gasteiger partial charge on any atom is -0.383 e. The molecule has 0 spiro atoms. The first kappa shape index (κ1) is 16.4. The van der Waals surface area contributed by atoms with E-state index in [-0.39, 0.29) is 17.2 Å². The van der Waals surface area contributed by atoms with Crippen LogP contribution in [0, 0.1) is 17.8 Å². The van der Waals surface area contributed by atoms with E-state index < -0.39 is 0 Å². The van der Waals surface area contributed by atoms with E-state index in [0.29, 0.717) is 22.7 Å². The largest absolute Gasteiger partial charge is 0.383 e. The number of nitrogens with one attached hydrogen (secondary N) is 1. The van der Waals surface area contributed by atoms with Gasteiger partial charge in [-0.1, -0.05) is 18.2 Å². The Morgan fingerprint density at radius 3 is 2.52 bits per heavy atom. The van der Waals surface area contributed by atoms with E-state index in [4.69, 9.17) is 11.5 Å². The maximum absolute atomic E-state index is 12.4. The number of hydrogen-bond donors (Lipinski definition) is 3. The van der Waals surface area contributed by atoms with E-state index in [1.165, 1.54) is 43.5 Å². The second-order valence-corrected chi connectivity index (χ2v) is 8.20. The van der Waals surface area contributed by atoms with Crippen molar-refractivity contribution in [2.75, 3.05) is 11.5 Å². The van der Waals surface area contributed by atoms with Crippen molar-refractivity contribution in [2.45, 2.75) is 56.0 Å². The molecule has 1 aromatic heterocycles. The highest BCUT2D eigenvalue weighted by molar-refractivity contribution is 8.00. The first-order valence-corrected chi connectivity index (χ1v) is 9.17. The Labute approximate surface area is 141 Å². The van der Waals surface area contributed by atoms with E-state index in [2.05, 4.69) is 22.2 Å². The number of thioether (sulfide) groups is 1. The highest BCUT2D eigenvalue weighted by atomic mass is 32.2. The molecule has 1 heterocycles. The van der Waals surface area contributed by atoms with E-state index in [9.17, 15) is 4.79 Å². The lowest BCUT2D eigenvalue weighted by molar-refractivity contribution is -0.121. The third-order valence-corrected chi connectivity index (χ3v) is 6.16. The molecule has 0 saturated heterocycles. The molecule has 126 valence electrons.